The fraction of sp³-hybridized carbons (Fsp3) is 0.333. The normalized spacial score (nSPS) is 17.6. The van der Waals surface area contributed by atoms with Gasteiger partial charge in [0.2, 0.25) is 0 Å². The highest BCUT2D eigenvalue weighted by Gasteiger charge is 2.35. The van der Waals surface area contributed by atoms with Crippen LogP contribution in [0.5, 0.6) is 0 Å². The third kappa shape index (κ3) is 2.99. The molecular formula is C18H17N2O4-. The molecule has 1 aliphatic carbocycles. The van der Waals surface area contributed by atoms with Gasteiger partial charge in [-0.2, -0.15) is 0 Å². The maximum absolute atomic E-state index is 11.8. The van der Waals surface area contributed by atoms with E-state index in [-0.39, 0.29) is 36.5 Å². The number of aliphatic imine (C=N–C) groups is 1. The lowest BCUT2D eigenvalue weighted by molar-refractivity contribution is -0.307. The molecule has 6 heteroatoms. The van der Waals surface area contributed by atoms with Gasteiger partial charge in [0.1, 0.15) is 17.5 Å². The Hall–Kier alpha value is -2.76. The summed E-state index contributed by atoms with van der Waals surface area (Å²) in [6.07, 6.45) is 2.29. The number of hydrogen-bond acceptors (Lipinski definition) is 5. The zero-order chi connectivity index (χ0) is 17.3. The molecule has 0 unspecified atom stereocenters. The summed E-state index contributed by atoms with van der Waals surface area (Å²) in [7, 11) is 0. The van der Waals surface area contributed by atoms with E-state index in [9.17, 15) is 19.5 Å². The Morgan fingerprint density at radius 2 is 1.96 bits per heavy atom. The minimum Gasteiger partial charge on any atom is -0.548 e. The molecule has 124 valence electrons. The van der Waals surface area contributed by atoms with E-state index in [4.69, 9.17) is 0 Å². The Kier molecular flexibility index (Phi) is 4.29. The van der Waals surface area contributed by atoms with Gasteiger partial charge >= 0.3 is 0 Å². The van der Waals surface area contributed by atoms with Gasteiger partial charge < -0.3 is 14.9 Å². The maximum atomic E-state index is 11.8. The number of Topliss-reactive ketones (excluding diaryl/α,β-unsaturated/α-hetero) is 2. The highest BCUT2D eigenvalue weighted by atomic mass is 16.4. The highest BCUT2D eigenvalue weighted by Crippen LogP contribution is 2.22. The van der Waals surface area contributed by atoms with Crippen molar-refractivity contribution in [2.75, 3.05) is 0 Å². The van der Waals surface area contributed by atoms with Crippen LogP contribution in [0.25, 0.3) is 10.9 Å². The summed E-state index contributed by atoms with van der Waals surface area (Å²) in [4.78, 5) is 42.3. The van der Waals surface area contributed by atoms with Gasteiger partial charge in [-0.25, -0.2) is 0 Å². The quantitative estimate of drug-likeness (QED) is 0.650. The molecule has 1 atom stereocenters. The predicted molar refractivity (Wildman–Crippen MR) is 86.6 cm³/mol. The molecule has 0 saturated heterocycles. The lowest BCUT2D eigenvalue weighted by Crippen LogP contribution is -2.37. The van der Waals surface area contributed by atoms with Crippen LogP contribution in [-0.4, -0.2) is 34.3 Å². The average molecular weight is 325 g/mol. The number of aliphatic carboxylic acids is 1. The van der Waals surface area contributed by atoms with Crippen LogP contribution in [0.4, 0.5) is 0 Å². The first-order chi connectivity index (χ1) is 11.5. The number of carboxylic acids is 1. The topological polar surface area (TPSA) is 102 Å². The van der Waals surface area contributed by atoms with Gasteiger partial charge in [-0.15, -0.1) is 0 Å². The molecule has 0 bridgehead atoms. The minimum atomic E-state index is -1.32. The van der Waals surface area contributed by atoms with E-state index < -0.39 is 17.9 Å². The van der Waals surface area contributed by atoms with Crippen LogP contribution < -0.4 is 5.11 Å². The molecule has 0 aliphatic heterocycles. The molecule has 1 saturated carbocycles. The van der Waals surface area contributed by atoms with Crippen molar-refractivity contribution >= 4 is 34.2 Å². The SMILES string of the molecule is CC(=N[C@@H](Cc1c[nH]c2ccccc12)C(=O)[O-])C1C(=O)CCC1=O. The smallest absolute Gasteiger partial charge is 0.149 e. The van der Waals surface area contributed by atoms with Crippen LogP contribution in [0.2, 0.25) is 0 Å². The number of H-pyrrole nitrogens is 1. The number of nitrogens with one attached hydrogen (secondary N) is 1. The third-order valence-corrected chi connectivity index (χ3v) is 4.40. The van der Waals surface area contributed by atoms with E-state index in [2.05, 4.69) is 9.98 Å². The molecule has 1 N–H and O–H groups in total. The number of para-hydroxylation sites is 1. The van der Waals surface area contributed by atoms with Gasteiger partial charge in [-0.05, 0) is 18.6 Å². The zero-order valence-electron chi connectivity index (χ0n) is 13.2. The first-order valence-electron chi connectivity index (χ1n) is 7.83. The molecule has 1 aromatic carbocycles. The molecule has 0 spiro atoms. The standard InChI is InChI=1S/C18H18N2O4/c1-10(17-15(21)6-7-16(17)22)20-14(18(23)24)8-11-9-19-13-5-3-2-4-12(11)13/h2-5,9,14,17,19H,6-8H2,1H3,(H,23,24)/p-1/t14-/m0/s1. The van der Waals surface area contributed by atoms with Gasteiger partial charge in [0.05, 0.1) is 12.0 Å². The van der Waals surface area contributed by atoms with Gasteiger partial charge in [0.25, 0.3) is 0 Å². The Labute approximate surface area is 138 Å². The van der Waals surface area contributed by atoms with E-state index in [0.717, 1.165) is 16.5 Å². The molecule has 1 heterocycles. The number of hydrogen-bond donors (Lipinski definition) is 1. The van der Waals surface area contributed by atoms with Crippen molar-refractivity contribution in [3.8, 4) is 0 Å². The van der Waals surface area contributed by atoms with Crippen LogP contribution in [0, 0.1) is 5.92 Å². The van der Waals surface area contributed by atoms with Crippen molar-refractivity contribution in [3.63, 3.8) is 0 Å². The molecule has 1 aromatic heterocycles. The fourth-order valence-corrected chi connectivity index (χ4v) is 3.19. The molecule has 24 heavy (non-hydrogen) atoms. The number of nitrogens with zero attached hydrogens (tertiary/aromatic N) is 1. The number of rotatable bonds is 5. The van der Waals surface area contributed by atoms with Gasteiger partial charge in [-0.1, -0.05) is 18.2 Å². The van der Waals surface area contributed by atoms with Crippen molar-refractivity contribution in [1.82, 2.24) is 4.98 Å². The fourth-order valence-electron chi connectivity index (χ4n) is 3.19. The Morgan fingerprint density at radius 3 is 2.62 bits per heavy atom. The molecule has 2 aromatic rings. The molecule has 0 radical (unpaired) electrons. The number of carbonyl (C=O) groups excluding carboxylic acids is 3. The summed E-state index contributed by atoms with van der Waals surface area (Å²) in [6, 6.07) is 6.42. The first kappa shape index (κ1) is 16.1. The highest BCUT2D eigenvalue weighted by molar-refractivity contribution is 6.24. The van der Waals surface area contributed by atoms with Crippen molar-refractivity contribution in [2.45, 2.75) is 32.2 Å². The predicted octanol–water partition coefficient (Wildman–Crippen LogP) is 0.838. The van der Waals surface area contributed by atoms with Crippen LogP contribution in [0.1, 0.15) is 25.3 Å². The molecule has 0 amide bonds. The van der Waals surface area contributed by atoms with Gasteiger partial charge in [0.15, 0.2) is 0 Å². The molecule has 1 aliphatic rings. The molecular weight excluding hydrogens is 308 g/mol. The van der Waals surface area contributed by atoms with E-state index in [1.165, 1.54) is 6.92 Å². The zero-order valence-corrected chi connectivity index (χ0v) is 13.2. The van der Waals surface area contributed by atoms with Crippen LogP contribution in [0.3, 0.4) is 0 Å². The van der Waals surface area contributed by atoms with E-state index in [0.29, 0.717) is 0 Å². The van der Waals surface area contributed by atoms with Crippen molar-refractivity contribution in [3.05, 3.63) is 36.0 Å². The second-order valence-electron chi connectivity index (χ2n) is 6.03. The van der Waals surface area contributed by atoms with Crippen molar-refractivity contribution in [1.29, 1.82) is 0 Å². The Balaban J connectivity index is 1.87. The summed E-state index contributed by atoms with van der Waals surface area (Å²) in [6.45, 7) is 1.54. The molecule has 3 rings (SSSR count). The van der Waals surface area contributed by atoms with Gasteiger partial charge in [0, 0.05) is 42.1 Å². The average Bonchev–Trinajstić information content (AvgIpc) is 3.10. The monoisotopic (exact) mass is 325 g/mol. The summed E-state index contributed by atoms with van der Waals surface area (Å²) >= 11 is 0. The van der Waals surface area contributed by atoms with Crippen LogP contribution >= 0.6 is 0 Å². The van der Waals surface area contributed by atoms with Crippen LogP contribution in [0.15, 0.2) is 35.5 Å². The second-order valence-corrected chi connectivity index (χ2v) is 6.03. The lowest BCUT2D eigenvalue weighted by atomic mass is 9.99. The molecule has 6 nitrogen and oxygen atoms in total. The number of carbonyl (C=O) groups is 3. The number of benzene rings is 1. The van der Waals surface area contributed by atoms with E-state index in [1.54, 1.807) is 6.20 Å². The molecule has 1 fully saturated rings. The van der Waals surface area contributed by atoms with Crippen molar-refractivity contribution in [2.24, 2.45) is 10.9 Å². The first-order valence-corrected chi connectivity index (χ1v) is 7.83. The summed E-state index contributed by atoms with van der Waals surface area (Å²) in [5.74, 6) is -2.59. The number of aromatic amines is 1. The third-order valence-electron chi connectivity index (χ3n) is 4.40. The number of carboxylic acid groups (broad SMARTS) is 1. The summed E-state index contributed by atoms with van der Waals surface area (Å²) in [5, 5.41) is 12.4. The second kappa shape index (κ2) is 6.39. The number of ketones is 2. The number of aromatic nitrogens is 1. The maximum Gasteiger partial charge on any atom is 0.149 e. The van der Waals surface area contributed by atoms with E-state index in [1.807, 2.05) is 24.3 Å². The summed E-state index contributed by atoms with van der Waals surface area (Å²) < 4.78 is 0. The number of fused-ring (bicyclic) bond motifs is 1. The minimum absolute atomic E-state index is 0.138. The summed E-state index contributed by atoms with van der Waals surface area (Å²) in [5.41, 5.74) is 1.98. The Bertz CT molecular complexity index is 834. The van der Waals surface area contributed by atoms with Crippen molar-refractivity contribution < 1.29 is 19.5 Å². The van der Waals surface area contributed by atoms with E-state index >= 15 is 0 Å². The van der Waals surface area contributed by atoms with Gasteiger partial charge in [-0.3, -0.25) is 14.6 Å². The Morgan fingerprint density at radius 1 is 1.29 bits per heavy atom. The largest absolute Gasteiger partial charge is 0.548 e. The van der Waals surface area contributed by atoms with Crippen LogP contribution in [-0.2, 0) is 20.8 Å². The lowest BCUT2D eigenvalue weighted by Gasteiger charge is -2.16.